The summed E-state index contributed by atoms with van der Waals surface area (Å²) in [6.45, 7) is 0. The average molecular weight is 281 g/mol. The fraction of sp³-hybridized carbons (Fsp3) is 0.500. The summed E-state index contributed by atoms with van der Waals surface area (Å²) < 4.78 is 5.17. The molecule has 0 radical (unpaired) electrons. The molecule has 1 fully saturated rings. The van der Waals surface area contributed by atoms with E-state index in [9.17, 15) is 9.90 Å². The normalized spacial score (nSPS) is 22.2. The van der Waals surface area contributed by atoms with Crippen LogP contribution in [0, 0.1) is 0 Å². The van der Waals surface area contributed by atoms with Crippen LogP contribution in [0.25, 0.3) is 0 Å². The van der Waals surface area contributed by atoms with Crippen LogP contribution in [0.3, 0.4) is 0 Å². The summed E-state index contributed by atoms with van der Waals surface area (Å²) in [6, 6.07) is 5.36. The Balaban J connectivity index is 2.24. The third-order valence-corrected chi connectivity index (χ3v) is 4.72. The van der Waals surface area contributed by atoms with Crippen molar-refractivity contribution in [3.05, 3.63) is 23.8 Å². The number of rotatable bonds is 5. The van der Waals surface area contributed by atoms with E-state index in [1.807, 2.05) is 11.8 Å². The van der Waals surface area contributed by atoms with Crippen molar-refractivity contribution in [1.82, 2.24) is 0 Å². The standard InChI is InChI=1S/C14H19NO3S/c1-18-9-6-7-10(14(16)17)12(8-9)15-11-4-3-5-13(11)19-2/h6-8,11,13,15H,3-5H2,1-2H3,(H,16,17). The van der Waals surface area contributed by atoms with Gasteiger partial charge < -0.3 is 15.2 Å². The van der Waals surface area contributed by atoms with Crippen molar-refractivity contribution >= 4 is 23.4 Å². The maximum atomic E-state index is 11.3. The van der Waals surface area contributed by atoms with Gasteiger partial charge in [-0.2, -0.15) is 11.8 Å². The van der Waals surface area contributed by atoms with E-state index in [4.69, 9.17) is 4.74 Å². The Morgan fingerprint density at radius 2 is 2.26 bits per heavy atom. The molecule has 0 heterocycles. The quantitative estimate of drug-likeness (QED) is 0.868. The molecule has 4 nitrogen and oxygen atoms in total. The lowest BCUT2D eigenvalue weighted by atomic mass is 10.1. The highest BCUT2D eigenvalue weighted by Gasteiger charge is 2.27. The van der Waals surface area contributed by atoms with Gasteiger partial charge in [0.05, 0.1) is 18.4 Å². The van der Waals surface area contributed by atoms with Gasteiger partial charge in [0.2, 0.25) is 0 Å². The van der Waals surface area contributed by atoms with Crippen LogP contribution in [0.2, 0.25) is 0 Å². The molecular weight excluding hydrogens is 262 g/mol. The van der Waals surface area contributed by atoms with Gasteiger partial charge in [0.1, 0.15) is 5.75 Å². The SMILES string of the molecule is COc1ccc(C(=O)O)c(NC2CCCC2SC)c1. The van der Waals surface area contributed by atoms with Crippen molar-refractivity contribution in [2.45, 2.75) is 30.6 Å². The summed E-state index contributed by atoms with van der Waals surface area (Å²) >= 11 is 1.84. The monoisotopic (exact) mass is 281 g/mol. The highest BCUT2D eigenvalue weighted by atomic mass is 32.2. The van der Waals surface area contributed by atoms with Crippen LogP contribution in [0.15, 0.2) is 18.2 Å². The molecule has 0 amide bonds. The Kier molecular flexibility index (Phi) is 4.58. The Labute approximate surface area is 117 Å². The number of thioether (sulfide) groups is 1. The number of ether oxygens (including phenoxy) is 1. The average Bonchev–Trinajstić information content (AvgIpc) is 2.85. The highest BCUT2D eigenvalue weighted by Crippen LogP contribution is 2.32. The summed E-state index contributed by atoms with van der Waals surface area (Å²) in [5.41, 5.74) is 0.949. The van der Waals surface area contributed by atoms with E-state index < -0.39 is 5.97 Å². The van der Waals surface area contributed by atoms with Crippen molar-refractivity contribution in [1.29, 1.82) is 0 Å². The molecule has 1 aromatic rings. The minimum Gasteiger partial charge on any atom is -0.497 e. The van der Waals surface area contributed by atoms with Gasteiger partial charge in [0, 0.05) is 17.4 Å². The molecule has 19 heavy (non-hydrogen) atoms. The number of carboxylic acid groups (broad SMARTS) is 1. The molecule has 0 spiro atoms. The van der Waals surface area contributed by atoms with Gasteiger partial charge in [-0.3, -0.25) is 0 Å². The number of anilines is 1. The molecule has 0 aromatic heterocycles. The molecule has 1 aliphatic rings. The van der Waals surface area contributed by atoms with Crippen LogP contribution in [0.4, 0.5) is 5.69 Å². The van der Waals surface area contributed by atoms with Gasteiger partial charge in [-0.25, -0.2) is 4.79 Å². The number of nitrogens with one attached hydrogen (secondary N) is 1. The van der Waals surface area contributed by atoms with Crippen molar-refractivity contribution in [2.24, 2.45) is 0 Å². The number of benzene rings is 1. The van der Waals surface area contributed by atoms with Gasteiger partial charge in [-0.15, -0.1) is 0 Å². The van der Waals surface area contributed by atoms with Crippen molar-refractivity contribution in [3.8, 4) is 5.75 Å². The van der Waals surface area contributed by atoms with E-state index in [0.717, 1.165) is 6.42 Å². The summed E-state index contributed by atoms with van der Waals surface area (Å²) in [6.07, 6.45) is 5.57. The molecule has 1 aromatic carbocycles. The smallest absolute Gasteiger partial charge is 0.337 e. The molecule has 0 bridgehead atoms. The number of carbonyl (C=O) groups is 1. The topological polar surface area (TPSA) is 58.6 Å². The van der Waals surface area contributed by atoms with Crippen LogP contribution >= 0.6 is 11.8 Å². The third kappa shape index (κ3) is 3.15. The second-order valence-electron chi connectivity index (χ2n) is 4.67. The Morgan fingerprint density at radius 3 is 2.89 bits per heavy atom. The molecule has 1 aliphatic carbocycles. The van der Waals surface area contributed by atoms with E-state index in [-0.39, 0.29) is 0 Å². The fourth-order valence-electron chi connectivity index (χ4n) is 2.53. The lowest BCUT2D eigenvalue weighted by molar-refractivity contribution is 0.0698. The Bertz CT molecular complexity index is 464. The predicted molar refractivity (Wildman–Crippen MR) is 78.5 cm³/mol. The first-order valence-electron chi connectivity index (χ1n) is 6.36. The van der Waals surface area contributed by atoms with Gasteiger partial charge in [-0.05, 0) is 31.2 Å². The maximum absolute atomic E-state index is 11.3. The van der Waals surface area contributed by atoms with Crippen LogP contribution < -0.4 is 10.1 Å². The molecule has 2 unspecified atom stereocenters. The zero-order valence-electron chi connectivity index (χ0n) is 11.2. The summed E-state index contributed by atoms with van der Waals surface area (Å²) in [4.78, 5) is 11.3. The first-order valence-corrected chi connectivity index (χ1v) is 7.65. The van der Waals surface area contributed by atoms with E-state index in [0.29, 0.717) is 28.3 Å². The zero-order valence-corrected chi connectivity index (χ0v) is 12.0. The Morgan fingerprint density at radius 1 is 1.47 bits per heavy atom. The molecular formula is C14H19NO3S. The van der Waals surface area contributed by atoms with Gasteiger partial charge in [-0.1, -0.05) is 6.42 Å². The predicted octanol–water partition coefficient (Wildman–Crippen LogP) is 3.09. The Hall–Kier alpha value is -1.36. The number of hydrogen-bond donors (Lipinski definition) is 2. The second-order valence-corrected chi connectivity index (χ2v) is 5.75. The van der Waals surface area contributed by atoms with Crippen LogP contribution in [-0.4, -0.2) is 35.7 Å². The number of carboxylic acids is 1. The second kappa shape index (κ2) is 6.19. The van der Waals surface area contributed by atoms with Crippen molar-refractivity contribution in [2.75, 3.05) is 18.7 Å². The number of aromatic carboxylic acids is 1. The van der Waals surface area contributed by atoms with Crippen LogP contribution in [0.5, 0.6) is 5.75 Å². The van der Waals surface area contributed by atoms with E-state index >= 15 is 0 Å². The highest BCUT2D eigenvalue weighted by molar-refractivity contribution is 7.99. The minimum atomic E-state index is -0.913. The molecule has 1 saturated carbocycles. The van der Waals surface area contributed by atoms with Crippen molar-refractivity contribution < 1.29 is 14.6 Å². The largest absolute Gasteiger partial charge is 0.497 e. The number of hydrogen-bond acceptors (Lipinski definition) is 4. The number of methoxy groups -OCH3 is 1. The molecule has 2 atom stereocenters. The van der Waals surface area contributed by atoms with Gasteiger partial charge >= 0.3 is 5.97 Å². The molecule has 2 rings (SSSR count). The third-order valence-electron chi connectivity index (χ3n) is 3.55. The molecule has 104 valence electrons. The van der Waals surface area contributed by atoms with Gasteiger partial charge in [0.25, 0.3) is 0 Å². The summed E-state index contributed by atoms with van der Waals surface area (Å²) in [5.74, 6) is -0.241. The summed E-state index contributed by atoms with van der Waals surface area (Å²) in [5, 5.41) is 13.2. The maximum Gasteiger partial charge on any atom is 0.337 e. The van der Waals surface area contributed by atoms with Crippen LogP contribution in [-0.2, 0) is 0 Å². The fourth-order valence-corrected chi connectivity index (χ4v) is 3.46. The molecule has 5 heteroatoms. The zero-order chi connectivity index (χ0) is 13.8. The lowest BCUT2D eigenvalue weighted by Crippen LogP contribution is -2.26. The first kappa shape index (κ1) is 14.1. The lowest BCUT2D eigenvalue weighted by Gasteiger charge is -2.21. The minimum absolute atomic E-state index is 0.299. The summed E-state index contributed by atoms with van der Waals surface area (Å²) in [7, 11) is 1.58. The molecule has 0 aliphatic heterocycles. The van der Waals surface area contributed by atoms with E-state index in [2.05, 4.69) is 11.6 Å². The van der Waals surface area contributed by atoms with Crippen molar-refractivity contribution in [3.63, 3.8) is 0 Å². The van der Waals surface area contributed by atoms with E-state index in [1.165, 1.54) is 12.8 Å². The van der Waals surface area contributed by atoms with Gasteiger partial charge in [0.15, 0.2) is 0 Å². The van der Waals surface area contributed by atoms with E-state index in [1.54, 1.807) is 25.3 Å². The molecule has 2 N–H and O–H groups in total. The molecule has 0 saturated heterocycles. The van der Waals surface area contributed by atoms with Crippen LogP contribution in [0.1, 0.15) is 29.6 Å². The first-order chi connectivity index (χ1) is 9.15.